The first-order valence-corrected chi connectivity index (χ1v) is 4.79. The number of methoxy groups -OCH3 is 1. The molecule has 1 atom stereocenters. The van der Waals surface area contributed by atoms with E-state index >= 15 is 0 Å². The lowest BCUT2D eigenvalue weighted by molar-refractivity contribution is -0.445. The van der Waals surface area contributed by atoms with Crippen LogP contribution in [0.4, 0.5) is 0 Å². The van der Waals surface area contributed by atoms with Gasteiger partial charge in [0.1, 0.15) is 0 Å². The molecule has 5 heteroatoms. The molecule has 0 heterocycles. The Kier molecular flexibility index (Phi) is 7.04. The van der Waals surface area contributed by atoms with Gasteiger partial charge in [-0.05, 0) is 20.8 Å². The van der Waals surface area contributed by atoms with E-state index < -0.39 is 12.3 Å². The Balaban J connectivity index is 4.53. The van der Waals surface area contributed by atoms with Gasteiger partial charge in [0.2, 0.25) is 6.29 Å². The molecule has 0 saturated heterocycles. The zero-order valence-corrected chi connectivity index (χ0v) is 9.28. The first-order valence-electron chi connectivity index (χ1n) is 4.79. The highest BCUT2D eigenvalue weighted by atomic mass is 16.9. The fourth-order valence-corrected chi connectivity index (χ4v) is 1.09. The SMILES string of the molecule is CCOC(OCC)(OCC)C(O)OC. The largest absolute Gasteiger partial charge is 0.362 e. The molecule has 1 unspecified atom stereocenters. The molecular formula is C9H20O5. The van der Waals surface area contributed by atoms with E-state index in [1.807, 2.05) is 0 Å². The summed E-state index contributed by atoms with van der Waals surface area (Å²) < 4.78 is 20.5. The summed E-state index contributed by atoms with van der Waals surface area (Å²) in [6, 6.07) is 0. The lowest BCUT2D eigenvalue weighted by atomic mass is 10.5. The van der Waals surface area contributed by atoms with Gasteiger partial charge in [0.15, 0.2) is 0 Å². The molecule has 14 heavy (non-hydrogen) atoms. The molecule has 0 aliphatic carbocycles. The normalized spacial score (nSPS) is 14.4. The molecule has 0 aromatic heterocycles. The van der Waals surface area contributed by atoms with Crippen LogP contribution < -0.4 is 0 Å². The molecule has 0 rings (SSSR count). The van der Waals surface area contributed by atoms with Gasteiger partial charge < -0.3 is 24.1 Å². The molecule has 0 fully saturated rings. The van der Waals surface area contributed by atoms with Gasteiger partial charge in [0, 0.05) is 26.9 Å². The average molecular weight is 208 g/mol. The number of hydrogen-bond acceptors (Lipinski definition) is 5. The van der Waals surface area contributed by atoms with Gasteiger partial charge in [-0.3, -0.25) is 0 Å². The fraction of sp³-hybridized carbons (Fsp3) is 1.00. The first kappa shape index (κ1) is 13.8. The molecule has 0 amide bonds. The predicted octanol–water partition coefficient (Wildman–Crippen LogP) is 0.714. The molecular weight excluding hydrogens is 188 g/mol. The van der Waals surface area contributed by atoms with E-state index in [1.165, 1.54) is 7.11 Å². The van der Waals surface area contributed by atoms with Crippen LogP contribution in [0.3, 0.4) is 0 Å². The van der Waals surface area contributed by atoms with E-state index in [-0.39, 0.29) is 0 Å². The molecule has 86 valence electrons. The molecule has 0 saturated carbocycles. The fourth-order valence-electron chi connectivity index (χ4n) is 1.09. The minimum absolute atomic E-state index is 0.362. The standard InChI is InChI=1S/C9H20O5/c1-5-12-9(13-6-2,14-7-3)8(10)11-4/h8,10H,5-7H2,1-4H3. The van der Waals surface area contributed by atoms with Crippen molar-refractivity contribution >= 4 is 0 Å². The predicted molar refractivity (Wildman–Crippen MR) is 50.6 cm³/mol. The maximum absolute atomic E-state index is 9.56. The monoisotopic (exact) mass is 208 g/mol. The second kappa shape index (κ2) is 7.14. The van der Waals surface area contributed by atoms with Crippen LogP contribution in [0.25, 0.3) is 0 Å². The molecule has 5 nitrogen and oxygen atoms in total. The Bertz CT molecular complexity index is 122. The minimum Gasteiger partial charge on any atom is -0.362 e. The van der Waals surface area contributed by atoms with Crippen molar-refractivity contribution in [1.29, 1.82) is 0 Å². The van der Waals surface area contributed by atoms with Crippen LogP contribution in [0.1, 0.15) is 20.8 Å². The highest BCUT2D eigenvalue weighted by molar-refractivity contribution is 4.60. The van der Waals surface area contributed by atoms with E-state index in [9.17, 15) is 5.11 Å². The van der Waals surface area contributed by atoms with E-state index in [4.69, 9.17) is 18.9 Å². The van der Waals surface area contributed by atoms with Crippen molar-refractivity contribution in [3.05, 3.63) is 0 Å². The lowest BCUT2D eigenvalue weighted by Crippen LogP contribution is -2.51. The summed E-state index contributed by atoms with van der Waals surface area (Å²) in [6.45, 7) is 6.45. The minimum atomic E-state index is -1.51. The summed E-state index contributed by atoms with van der Waals surface area (Å²) >= 11 is 0. The lowest BCUT2D eigenvalue weighted by Gasteiger charge is -2.34. The van der Waals surface area contributed by atoms with Crippen LogP contribution in [0.5, 0.6) is 0 Å². The molecule has 1 N–H and O–H groups in total. The van der Waals surface area contributed by atoms with Gasteiger partial charge in [-0.25, -0.2) is 0 Å². The zero-order chi connectivity index (χ0) is 11.0. The zero-order valence-electron chi connectivity index (χ0n) is 9.28. The van der Waals surface area contributed by atoms with Gasteiger partial charge in [-0.15, -0.1) is 0 Å². The Morgan fingerprint density at radius 1 is 1.00 bits per heavy atom. The third-order valence-electron chi connectivity index (χ3n) is 1.56. The molecule has 0 bridgehead atoms. The molecule has 0 aromatic rings. The number of aliphatic hydroxyl groups excluding tert-OH is 1. The third kappa shape index (κ3) is 3.51. The smallest absolute Gasteiger partial charge is 0.337 e. The topological polar surface area (TPSA) is 57.2 Å². The van der Waals surface area contributed by atoms with Crippen LogP contribution in [0.15, 0.2) is 0 Å². The first-order chi connectivity index (χ1) is 6.66. The Morgan fingerprint density at radius 2 is 1.36 bits per heavy atom. The second-order valence-electron chi connectivity index (χ2n) is 2.49. The van der Waals surface area contributed by atoms with Crippen LogP contribution >= 0.6 is 0 Å². The Labute approximate surface area is 84.9 Å². The van der Waals surface area contributed by atoms with Crippen molar-refractivity contribution in [2.24, 2.45) is 0 Å². The molecule has 0 spiro atoms. The van der Waals surface area contributed by atoms with Gasteiger partial charge in [-0.1, -0.05) is 0 Å². The summed E-state index contributed by atoms with van der Waals surface area (Å²) in [5, 5.41) is 9.56. The molecule has 0 aliphatic rings. The van der Waals surface area contributed by atoms with E-state index in [2.05, 4.69) is 0 Å². The molecule has 0 radical (unpaired) electrons. The van der Waals surface area contributed by atoms with Crippen LogP contribution in [-0.2, 0) is 18.9 Å². The second-order valence-corrected chi connectivity index (χ2v) is 2.49. The average Bonchev–Trinajstić information content (AvgIpc) is 2.17. The maximum Gasteiger partial charge on any atom is 0.337 e. The third-order valence-corrected chi connectivity index (χ3v) is 1.56. The van der Waals surface area contributed by atoms with Gasteiger partial charge >= 0.3 is 5.97 Å². The summed E-state index contributed by atoms with van der Waals surface area (Å²) in [7, 11) is 1.36. The Morgan fingerprint density at radius 3 is 1.57 bits per heavy atom. The highest BCUT2D eigenvalue weighted by Crippen LogP contribution is 2.21. The van der Waals surface area contributed by atoms with Crippen molar-refractivity contribution in [2.45, 2.75) is 33.0 Å². The number of rotatable bonds is 8. The van der Waals surface area contributed by atoms with E-state index in [0.29, 0.717) is 19.8 Å². The summed E-state index contributed by atoms with van der Waals surface area (Å²) in [5.41, 5.74) is 0. The van der Waals surface area contributed by atoms with Crippen LogP contribution in [-0.4, -0.2) is 44.3 Å². The van der Waals surface area contributed by atoms with Crippen molar-refractivity contribution in [2.75, 3.05) is 26.9 Å². The van der Waals surface area contributed by atoms with Crippen molar-refractivity contribution in [1.82, 2.24) is 0 Å². The van der Waals surface area contributed by atoms with Gasteiger partial charge in [0.25, 0.3) is 0 Å². The van der Waals surface area contributed by atoms with Crippen molar-refractivity contribution < 1.29 is 24.1 Å². The Hall–Kier alpha value is -0.200. The summed E-state index contributed by atoms with van der Waals surface area (Å²) in [6.07, 6.45) is -1.26. The van der Waals surface area contributed by atoms with Crippen LogP contribution in [0.2, 0.25) is 0 Å². The highest BCUT2D eigenvalue weighted by Gasteiger charge is 2.42. The van der Waals surface area contributed by atoms with Crippen molar-refractivity contribution in [3.8, 4) is 0 Å². The summed E-state index contributed by atoms with van der Waals surface area (Å²) in [4.78, 5) is 0. The van der Waals surface area contributed by atoms with Gasteiger partial charge in [-0.2, -0.15) is 0 Å². The molecule has 0 aromatic carbocycles. The number of hydrogen-bond donors (Lipinski definition) is 1. The maximum atomic E-state index is 9.56. The van der Waals surface area contributed by atoms with E-state index in [0.717, 1.165) is 0 Å². The summed E-state index contributed by atoms with van der Waals surface area (Å²) in [5.74, 6) is -1.51. The van der Waals surface area contributed by atoms with Crippen LogP contribution in [0, 0.1) is 0 Å². The van der Waals surface area contributed by atoms with Crippen molar-refractivity contribution in [3.63, 3.8) is 0 Å². The number of aliphatic hydroxyl groups is 1. The quantitative estimate of drug-likeness (QED) is 0.595. The number of ether oxygens (including phenoxy) is 4. The van der Waals surface area contributed by atoms with E-state index in [1.54, 1.807) is 20.8 Å². The molecule has 0 aliphatic heterocycles. The van der Waals surface area contributed by atoms with Gasteiger partial charge in [0.05, 0.1) is 0 Å².